The lowest BCUT2D eigenvalue weighted by Gasteiger charge is -2.19. The Labute approximate surface area is 164 Å². The van der Waals surface area contributed by atoms with Gasteiger partial charge in [-0.15, -0.1) is 6.58 Å². The number of hydrogen-bond donors (Lipinski definition) is 1. The highest BCUT2D eigenvalue weighted by Crippen LogP contribution is 2.31. The van der Waals surface area contributed by atoms with Gasteiger partial charge in [-0.25, -0.2) is 0 Å². The molecule has 2 amide bonds. The molecule has 0 spiro atoms. The summed E-state index contributed by atoms with van der Waals surface area (Å²) in [6.45, 7) is 4.46. The molecule has 0 aromatic heterocycles. The summed E-state index contributed by atoms with van der Waals surface area (Å²) in [5.41, 5.74) is 3.06. The molecule has 2 aromatic rings. The Morgan fingerprint density at radius 1 is 1.11 bits per heavy atom. The SMILES string of the molecule is C=CCO[C@@H]1C[C@H]2C(=O)Nc3ccc(/C=C/c4ccccc4)cc3C(=O)N2C1. The second-order valence-corrected chi connectivity index (χ2v) is 6.99. The normalized spacial score (nSPS) is 21.2. The van der Waals surface area contributed by atoms with Crippen molar-refractivity contribution in [3.8, 4) is 0 Å². The third kappa shape index (κ3) is 3.62. The topological polar surface area (TPSA) is 58.6 Å². The van der Waals surface area contributed by atoms with Crippen LogP contribution < -0.4 is 5.32 Å². The summed E-state index contributed by atoms with van der Waals surface area (Å²) >= 11 is 0. The molecule has 28 heavy (non-hydrogen) atoms. The Kier molecular flexibility index (Phi) is 5.08. The third-order valence-corrected chi connectivity index (χ3v) is 5.08. The molecule has 2 aromatic carbocycles. The summed E-state index contributed by atoms with van der Waals surface area (Å²) < 4.78 is 5.68. The lowest BCUT2D eigenvalue weighted by Crippen LogP contribution is -2.40. The van der Waals surface area contributed by atoms with Gasteiger partial charge in [-0.2, -0.15) is 0 Å². The number of ether oxygens (including phenoxy) is 1. The first-order valence-corrected chi connectivity index (χ1v) is 9.37. The first-order valence-electron chi connectivity index (χ1n) is 9.37. The van der Waals surface area contributed by atoms with E-state index in [1.807, 2.05) is 54.6 Å². The van der Waals surface area contributed by atoms with Gasteiger partial charge >= 0.3 is 0 Å². The van der Waals surface area contributed by atoms with Crippen LogP contribution in [-0.4, -0.2) is 42.0 Å². The molecule has 5 nitrogen and oxygen atoms in total. The first-order chi connectivity index (χ1) is 13.7. The first kappa shape index (κ1) is 18.2. The zero-order valence-corrected chi connectivity index (χ0v) is 15.5. The van der Waals surface area contributed by atoms with Crippen LogP contribution in [0.5, 0.6) is 0 Å². The van der Waals surface area contributed by atoms with Crippen molar-refractivity contribution in [1.82, 2.24) is 4.90 Å². The van der Waals surface area contributed by atoms with Crippen LogP contribution in [0, 0.1) is 0 Å². The van der Waals surface area contributed by atoms with Crippen LogP contribution in [0.25, 0.3) is 12.2 Å². The van der Waals surface area contributed by atoms with Crippen LogP contribution >= 0.6 is 0 Å². The van der Waals surface area contributed by atoms with Crippen molar-refractivity contribution in [3.63, 3.8) is 0 Å². The predicted octanol–water partition coefficient (Wildman–Crippen LogP) is 3.59. The number of benzene rings is 2. The number of fused-ring (bicyclic) bond motifs is 2. The van der Waals surface area contributed by atoms with Crippen LogP contribution in [0.4, 0.5) is 5.69 Å². The summed E-state index contributed by atoms with van der Waals surface area (Å²) in [7, 11) is 0. The zero-order chi connectivity index (χ0) is 19.5. The largest absolute Gasteiger partial charge is 0.372 e. The minimum atomic E-state index is -0.502. The number of carbonyl (C=O) groups excluding carboxylic acids is 2. The Bertz CT molecular complexity index is 936. The zero-order valence-electron chi connectivity index (χ0n) is 15.5. The number of nitrogens with one attached hydrogen (secondary N) is 1. The molecule has 2 heterocycles. The van der Waals surface area contributed by atoms with Gasteiger partial charge in [0, 0.05) is 13.0 Å². The Hall–Kier alpha value is -3.18. The molecule has 0 bridgehead atoms. The fraction of sp³-hybridized carbons (Fsp3) is 0.217. The predicted molar refractivity (Wildman–Crippen MR) is 110 cm³/mol. The summed E-state index contributed by atoms with van der Waals surface area (Å²) in [6, 6.07) is 15.0. The van der Waals surface area contributed by atoms with Gasteiger partial charge in [0.1, 0.15) is 6.04 Å². The molecule has 0 unspecified atom stereocenters. The van der Waals surface area contributed by atoms with Crippen molar-refractivity contribution in [2.24, 2.45) is 0 Å². The van der Waals surface area contributed by atoms with E-state index >= 15 is 0 Å². The number of anilines is 1. The number of rotatable bonds is 5. The van der Waals surface area contributed by atoms with E-state index in [-0.39, 0.29) is 17.9 Å². The fourth-order valence-corrected chi connectivity index (χ4v) is 3.67. The molecule has 0 aliphatic carbocycles. The molecule has 0 saturated carbocycles. The number of hydrogen-bond acceptors (Lipinski definition) is 3. The summed E-state index contributed by atoms with van der Waals surface area (Å²) in [6.07, 6.45) is 5.99. The lowest BCUT2D eigenvalue weighted by atomic mass is 10.1. The smallest absolute Gasteiger partial charge is 0.256 e. The summed E-state index contributed by atoms with van der Waals surface area (Å²) in [5.74, 6) is -0.303. The van der Waals surface area contributed by atoms with Crippen molar-refractivity contribution in [2.45, 2.75) is 18.6 Å². The van der Waals surface area contributed by atoms with E-state index in [1.54, 1.807) is 17.0 Å². The second-order valence-electron chi connectivity index (χ2n) is 6.99. The maximum absolute atomic E-state index is 13.1. The average molecular weight is 374 g/mol. The lowest BCUT2D eigenvalue weighted by molar-refractivity contribution is -0.119. The quantitative estimate of drug-likeness (QED) is 0.643. The molecule has 1 fully saturated rings. The molecule has 2 atom stereocenters. The van der Waals surface area contributed by atoms with Gasteiger partial charge in [-0.3, -0.25) is 9.59 Å². The van der Waals surface area contributed by atoms with E-state index in [2.05, 4.69) is 11.9 Å². The van der Waals surface area contributed by atoms with Crippen molar-refractivity contribution < 1.29 is 14.3 Å². The summed E-state index contributed by atoms with van der Waals surface area (Å²) in [4.78, 5) is 27.4. The van der Waals surface area contributed by atoms with Crippen LogP contribution in [0.3, 0.4) is 0 Å². The van der Waals surface area contributed by atoms with Gasteiger partial charge in [0.15, 0.2) is 0 Å². The van der Waals surface area contributed by atoms with E-state index in [9.17, 15) is 9.59 Å². The molecule has 1 saturated heterocycles. The number of nitrogens with zero attached hydrogens (tertiary/aromatic N) is 1. The monoisotopic (exact) mass is 374 g/mol. The van der Waals surface area contributed by atoms with Crippen LogP contribution in [-0.2, 0) is 9.53 Å². The van der Waals surface area contributed by atoms with Crippen LogP contribution in [0.2, 0.25) is 0 Å². The Balaban J connectivity index is 1.60. The van der Waals surface area contributed by atoms with Gasteiger partial charge in [0.2, 0.25) is 5.91 Å². The minimum Gasteiger partial charge on any atom is -0.372 e. The van der Waals surface area contributed by atoms with Crippen molar-refractivity contribution in [1.29, 1.82) is 0 Å². The highest BCUT2D eigenvalue weighted by molar-refractivity contribution is 6.10. The summed E-state index contributed by atoms with van der Waals surface area (Å²) in [5, 5.41) is 2.90. The Morgan fingerprint density at radius 3 is 2.68 bits per heavy atom. The number of amides is 2. The molecule has 0 radical (unpaired) electrons. The molecule has 2 aliphatic heterocycles. The second kappa shape index (κ2) is 7.82. The average Bonchev–Trinajstić information content (AvgIpc) is 3.12. The maximum Gasteiger partial charge on any atom is 0.256 e. The van der Waals surface area contributed by atoms with Gasteiger partial charge in [0.25, 0.3) is 5.91 Å². The molecular formula is C23H22N2O3. The molecule has 4 rings (SSSR count). The van der Waals surface area contributed by atoms with E-state index in [0.29, 0.717) is 30.8 Å². The van der Waals surface area contributed by atoms with Crippen LogP contribution in [0.15, 0.2) is 61.2 Å². The van der Waals surface area contributed by atoms with Gasteiger partial charge in [-0.05, 0) is 23.3 Å². The highest BCUT2D eigenvalue weighted by Gasteiger charge is 2.43. The van der Waals surface area contributed by atoms with E-state index in [4.69, 9.17) is 4.74 Å². The molecule has 1 N–H and O–H groups in total. The minimum absolute atomic E-state index is 0.141. The van der Waals surface area contributed by atoms with Crippen molar-refractivity contribution in [2.75, 3.05) is 18.5 Å². The highest BCUT2D eigenvalue weighted by atomic mass is 16.5. The van der Waals surface area contributed by atoms with Crippen molar-refractivity contribution >= 4 is 29.7 Å². The van der Waals surface area contributed by atoms with E-state index < -0.39 is 6.04 Å². The van der Waals surface area contributed by atoms with Gasteiger partial charge in [0.05, 0.1) is 24.0 Å². The molecular weight excluding hydrogens is 352 g/mol. The van der Waals surface area contributed by atoms with Crippen LogP contribution in [0.1, 0.15) is 27.9 Å². The molecule has 5 heteroatoms. The van der Waals surface area contributed by atoms with Gasteiger partial charge in [-0.1, -0.05) is 54.6 Å². The number of carbonyl (C=O) groups is 2. The van der Waals surface area contributed by atoms with Crippen molar-refractivity contribution in [3.05, 3.63) is 77.9 Å². The Morgan fingerprint density at radius 2 is 1.89 bits per heavy atom. The fourth-order valence-electron chi connectivity index (χ4n) is 3.67. The molecule has 2 aliphatic rings. The maximum atomic E-state index is 13.1. The van der Waals surface area contributed by atoms with Gasteiger partial charge < -0.3 is 15.0 Å². The van der Waals surface area contributed by atoms with E-state index in [1.165, 1.54) is 0 Å². The molecule has 142 valence electrons. The van der Waals surface area contributed by atoms with E-state index in [0.717, 1.165) is 11.1 Å². The standard InChI is InChI=1S/C23H22N2O3/c1-2-12-28-18-14-21-22(26)24-20-11-10-17(9-8-16-6-4-3-5-7-16)13-19(20)23(27)25(21)15-18/h2-11,13,18,21H,1,12,14-15H2,(H,24,26)/b9-8+/t18-,21+/m1/s1. The third-order valence-electron chi connectivity index (χ3n) is 5.08.